The molecule has 0 unspecified atom stereocenters. The second kappa shape index (κ2) is 15.0. The summed E-state index contributed by atoms with van der Waals surface area (Å²) in [7, 11) is 0. The lowest BCUT2D eigenvalue weighted by molar-refractivity contribution is -0.121. The number of unbranched alkanes of at least 4 members (excludes halogenated alkanes) is 10. The maximum absolute atomic E-state index is 12.0. The molecule has 2 nitrogen and oxygen atoms in total. The smallest absolute Gasteiger partial charge is 0.220 e. The fourth-order valence-corrected chi connectivity index (χ4v) is 3.31. The normalized spacial score (nSPS) is 10.8. The van der Waals surface area contributed by atoms with E-state index in [1.165, 1.54) is 75.3 Å². The number of amides is 1. The molecule has 0 aliphatic heterocycles. The van der Waals surface area contributed by atoms with Crippen molar-refractivity contribution in [1.82, 2.24) is 5.32 Å². The van der Waals surface area contributed by atoms with Gasteiger partial charge in [0.25, 0.3) is 0 Å². The molecule has 0 spiro atoms. The molecule has 0 fully saturated rings. The second-order valence-electron chi connectivity index (χ2n) is 7.18. The number of nitrogens with one attached hydrogen (secondary N) is 1. The molecule has 142 valence electrons. The van der Waals surface area contributed by atoms with Gasteiger partial charge in [-0.05, 0) is 24.0 Å². The maximum atomic E-state index is 12.0. The average Bonchev–Trinajstić information content (AvgIpc) is 2.64. The molecule has 1 aromatic rings. The van der Waals surface area contributed by atoms with Crippen molar-refractivity contribution in [2.75, 3.05) is 0 Å². The second-order valence-corrected chi connectivity index (χ2v) is 7.18. The van der Waals surface area contributed by atoms with Crippen LogP contribution in [0.4, 0.5) is 0 Å². The molecule has 2 heteroatoms. The van der Waals surface area contributed by atoms with E-state index in [4.69, 9.17) is 0 Å². The van der Waals surface area contributed by atoms with E-state index in [0.717, 1.165) is 12.8 Å². The Morgan fingerprint density at radius 3 is 1.84 bits per heavy atom. The van der Waals surface area contributed by atoms with Gasteiger partial charge >= 0.3 is 0 Å². The van der Waals surface area contributed by atoms with Crippen molar-refractivity contribution in [2.45, 2.75) is 104 Å². The number of benzene rings is 1. The first kappa shape index (κ1) is 21.7. The zero-order valence-electron chi connectivity index (χ0n) is 16.6. The standard InChI is InChI=1S/C23H39NO/c1-3-5-6-7-8-9-10-11-12-13-14-19-23(25)24-20-22-18-16-15-17-21(22)4-2/h15-18H,3-14,19-20H2,1-2H3,(H,24,25). The van der Waals surface area contributed by atoms with Crippen LogP contribution in [-0.2, 0) is 17.8 Å². The molecule has 25 heavy (non-hydrogen) atoms. The van der Waals surface area contributed by atoms with E-state index < -0.39 is 0 Å². The Morgan fingerprint density at radius 1 is 0.760 bits per heavy atom. The van der Waals surface area contributed by atoms with E-state index in [1.54, 1.807) is 0 Å². The molecule has 0 aromatic heterocycles. The average molecular weight is 346 g/mol. The number of hydrogen-bond donors (Lipinski definition) is 1. The molecule has 0 radical (unpaired) electrons. The van der Waals surface area contributed by atoms with Gasteiger partial charge in [0.05, 0.1) is 0 Å². The van der Waals surface area contributed by atoms with Gasteiger partial charge in [0.1, 0.15) is 0 Å². The summed E-state index contributed by atoms with van der Waals surface area (Å²) in [6.45, 7) is 5.09. The van der Waals surface area contributed by atoms with Crippen molar-refractivity contribution in [2.24, 2.45) is 0 Å². The van der Waals surface area contributed by atoms with Crippen LogP contribution in [0, 0.1) is 0 Å². The number of hydrogen-bond acceptors (Lipinski definition) is 1. The van der Waals surface area contributed by atoms with Crippen LogP contribution in [0.2, 0.25) is 0 Å². The van der Waals surface area contributed by atoms with Crippen molar-refractivity contribution < 1.29 is 4.79 Å². The third kappa shape index (κ3) is 11.0. The first-order chi connectivity index (χ1) is 12.3. The summed E-state index contributed by atoms with van der Waals surface area (Å²) in [5.41, 5.74) is 2.58. The first-order valence-corrected chi connectivity index (χ1v) is 10.6. The summed E-state index contributed by atoms with van der Waals surface area (Å²) >= 11 is 0. The predicted octanol–water partition coefficient (Wildman–Crippen LogP) is 6.57. The van der Waals surface area contributed by atoms with Crippen LogP contribution in [-0.4, -0.2) is 5.91 Å². The summed E-state index contributed by atoms with van der Waals surface area (Å²) in [6, 6.07) is 8.37. The molecule has 1 N–H and O–H groups in total. The summed E-state index contributed by atoms with van der Waals surface area (Å²) < 4.78 is 0. The van der Waals surface area contributed by atoms with Crippen molar-refractivity contribution in [3.63, 3.8) is 0 Å². The summed E-state index contributed by atoms with van der Waals surface area (Å²) in [6.07, 6.45) is 16.2. The van der Waals surface area contributed by atoms with Crippen LogP contribution < -0.4 is 5.32 Å². The maximum Gasteiger partial charge on any atom is 0.220 e. The Morgan fingerprint density at radius 2 is 1.28 bits per heavy atom. The Labute approximate surface area is 155 Å². The van der Waals surface area contributed by atoms with E-state index in [0.29, 0.717) is 13.0 Å². The molecule has 0 atom stereocenters. The van der Waals surface area contributed by atoms with Crippen molar-refractivity contribution in [1.29, 1.82) is 0 Å². The SMILES string of the molecule is CCCCCCCCCCCCCC(=O)NCc1ccccc1CC. The minimum Gasteiger partial charge on any atom is -0.352 e. The lowest BCUT2D eigenvalue weighted by Crippen LogP contribution is -2.22. The Kier molecular flexibility index (Phi) is 13.0. The number of rotatable bonds is 15. The molecular weight excluding hydrogens is 306 g/mol. The van der Waals surface area contributed by atoms with Gasteiger partial charge in [0.2, 0.25) is 5.91 Å². The van der Waals surface area contributed by atoms with Crippen LogP contribution in [0.3, 0.4) is 0 Å². The monoisotopic (exact) mass is 345 g/mol. The number of aryl methyl sites for hydroxylation is 1. The molecule has 1 rings (SSSR count). The van der Waals surface area contributed by atoms with Gasteiger partial charge in [-0.1, -0.05) is 102 Å². The van der Waals surface area contributed by atoms with E-state index in [1.807, 2.05) is 6.07 Å². The Hall–Kier alpha value is -1.31. The predicted molar refractivity (Wildman–Crippen MR) is 109 cm³/mol. The summed E-state index contributed by atoms with van der Waals surface area (Å²) in [5.74, 6) is 0.196. The molecule has 0 saturated carbocycles. The van der Waals surface area contributed by atoms with E-state index >= 15 is 0 Å². The lowest BCUT2D eigenvalue weighted by atomic mass is 10.0. The van der Waals surface area contributed by atoms with Crippen molar-refractivity contribution >= 4 is 5.91 Å². The van der Waals surface area contributed by atoms with Gasteiger partial charge in [0, 0.05) is 13.0 Å². The fraction of sp³-hybridized carbons (Fsp3) is 0.696. The Bertz CT molecular complexity index is 455. The third-order valence-corrected chi connectivity index (χ3v) is 4.98. The minimum atomic E-state index is 0.196. The largest absolute Gasteiger partial charge is 0.352 e. The van der Waals surface area contributed by atoms with Gasteiger partial charge < -0.3 is 5.32 Å². The molecule has 0 aliphatic carbocycles. The molecule has 0 aliphatic rings. The lowest BCUT2D eigenvalue weighted by Gasteiger charge is -2.09. The van der Waals surface area contributed by atoms with Crippen molar-refractivity contribution in [3.05, 3.63) is 35.4 Å². The van der Waals surface area contributed by atoms with Gasteiger partial charge in [-0.3, -0.25) is 4.79 Å². The zero-order chi connectivity index (χ0) is 18.2. The van der Waals surface area contributed by atoms with Crippen LogP contribution in [0.5, 0.6) is 0 Å². The van der Waals surface area contributed by atoms with Crippen LogP contribution >= 0.6 is 0 Å². The third-order valence-electron chi connectivity index (χ3n) is 4.98. The van der Waals surface area contributed by atoms with E-state index in [9.17, 15) is 4.79 Å². The Balaban J connectivity index is 1.95. The highest BCUT2D eigenvalue weighted by Crippen LogP contribution is 2.12. The molecule has 1 aromatic carbocycles. The van der Waals surface area contributed by atoms with Gasteiger partial charge in [-0.25, -0.2) is 0 Å². The number of carbonyl (C=O) groups excluding carboxylic acids is 1. The zero-order valence-corrected chi connectivity index (χ0v) is 16.6. The molecule has 0 heterocycles. The topological polar surface area (TPSA) is 29.1 Å². The quantitative estimate of drug-likeness (QED) is 0.358. The molecular formula is C23H39NO. The van der Waals surface area contributed by atoms with E-state index in [-0.39, 0.29) is 5.91 Å². The molecule has 0 saturated heterocycles. The van der Waals surface area contributed by atoms with Crippen LogP contribution in [0.1, 0.15) is 102 Å². The molecule has 0 bridgehead atoms. The minimum absolute atomic E-state index is 0.196. The van der Waals surface area contributed by atoms with Gasteiger partial charge in [0.15, 0.2) is 0 Å². The molecule has 1 amide bonds. The highest BCUT2D eigenvalue weighted by atomic mass is 16.1. The summed E-state index contributed by atoms with van der Waals surface area (Å²) in [5, 5.41) is 3.07. The van der Waals surface area contributed by atoms with Crippen LogP contribution in [0.25, 0.3) is 0 Å². The fourth-order valence-electron chi connectivity index (χ4n) is 3.31. The number of carbonyl (C=O) groups is 1. The highest BCUT2D eigenvalue weighted by molar-refractivity contribution is 5.75. The van der Waals surface area contributed by atoms with Gasteiger partial charge in [-0.15, -0.1) is 0 Å². The van der Waals surface area contributed by atoms with Crippen LogP contribution in [0.15, 0.2) is 24.3 Å². The van der Waals surface area contributed by atoms with Gasteiger partial charge in [-0.2, -0.15) is 0 Å². The summed E-state index contributed by atoms with van der Waals surface area (Å²) in [4.78, 5) is 12.0. The first-order valence-electron chi connectivity index (χ1n) is 10.6. The highest BCUT2D eigenvalue weighted by Gasteiger charge is 2.04. The van der Waals surface area contributed by atoms with E-state index in [2.05, 4.69) is 37.4 Å². The van der Waals surface area contributed by atoms with Crippen molar-refractivity contribution in [3.8, 4) is 0 Å².